The van der Waals surface area contributed by atoms with Crippen molar-refractivity contribution in [1.29, 1.82) is 0 Å². The molecule has 8 heteroatoms. The molecule has 24 heavy (non-hydrogen) atoms. The Hall–Kier alpha value is -2.65. The molecule has 7 nitrogen and oxygen atoms in total. The maximum atomic E-state index is 11.6. The fourth-order valence-corrected chi connectivity index (χ4v) is 2.88. The number of nitrogen functional groups attached to an aromatic ring is 1. The first-order valence-electron chi connectivity index (χ1n) is 6.94. The topological polar surface area (TPSA) is 123 Å². The molecule has 4 N–H and O–H groups in total. The van der Waals surface area contributed by atoms with Gasteiger partial charge in [-0.3, -0.25) is 0 Å². The SMILES string of the molecule is NO[S+]([O])(=O)c1cccc(N=Nc2ccc(N)c3ccccc23)c1. The van der Waals surface area contributed by atoms with Gasteiger partial charge in [-0.15, -0.1) is 5.11 Å². The maximum Gasteiger partial charge on any atom is 0.447 e. The highest BCUT2D eigenvalue weighted by Gasteiger charge is 2.34. The molecule has 1 atom stereocenters. The Kier molecular flexibility index (Phi) is 4.36. The first kappa shape index (κ1) is 16.2. The highest BCUT2D eigenvalue weighted by Crippen LogP contribution is 2.31. The van der Waals surface area contributed by atoms with Gasteiger partial charge in [-0.2, -0.15) is 11.0 Å². The van der Waals surface area contributed by atoms with Gasteiger partial charge in [0.15, 0.2) is 0 Å². The van der Waals surface area contributed by atoms with Crippen LogP contribution >= 0.6 is 0 Å². The van der Waals surface area contributed by atoms with Gasteiger partial charge < -0.3 is 5.73 Å². The van der Waals surface area contributed by atoms with Gasteiger partial charge in [-0.1, -0.05) is 30.3 Å². The molecule has 0 amide bonds. The molecule has 3 aromatic rings. The third kappa shape index (κ3) is 3.17. The minimum Gasteiger partial charge on any atom is -0.398 e. The molecule has 0 aliphatic carbocycles. The first-order chi connectivity index (χ1) is 11.5. The smallest absolute Gasteiger partial charge is 0.398 e. The molecule has 0 aliphatic heterocycles. The summed E-state index contributed by atoms with van der Waals surface area (Å²) >= 11 is 0. The zero-order valence-electron chi connectivity index (χ0n) is 12.5. The second-order valence-electron chi connectivity index (χ2n) is 4.97. The van der Waals surface area contributed by atoms with E-state index in [1.807, 2.05) is 24.3 Å². The largest absolute Gasteiger partial charge is 0.447 e. The second kappa shape index (κ2) is 6.46. The van der Waals surface area contributed by atoms with Gasteiger partial charge in [-0.25, -0.2) is 0 Å². The van der Waals surface area contributed by atoms with E-state index in [1.54, 1.807) is 18.2 Å². The molecule has 0 heterocycles. The lowest BCUT2D eigenvalue weighted by atomic mass is 10.1. The lowest BCUT2D eigenvalue weighted by molar-refractivity contribution is 0.261. The Labute approximate surface area is 139 Å². The summed E-state index contributed by atoms with van der Waals surface area (Å²) in [6, 6.07) is 16.9. The molecule has 1 radical (unpaired) electrons. The van der Waals surface area contributed by atoms with Crippen LogP contribution in [0.4, 0.5) is 17.1 Å². The van der Waals surface area contributed by atoms with E-state index in [0.29, 0.717) is 17.1 Å². The van der Waals surface area contributed by atoms with Crippen molar-refractivity contribution < 1.29 is 13.0 Å². The van der Waals surface area contributed by atoms with Crippen molar-refractivity contribution in [3.63, 3.8) is 0 Å². The van der Waals surface area contributed by atoms with Crippen molar-refractivity contribution in [3.8, 4) is 0 Å². The second-order valence-corrected chi connectivity index (χ2v) is 6.54. The predicted octanol–water partition coefficient (Wildman–Crippen LogP) is 3.85. The van der Waals surface area contributed by atoms with E-state index in [-0.39, 0.29) is 4.90 Å². The Balaban J connectivity index is 1.99. The normalized spacial score (nSPS) is 14.1. The van der Waals surface area contributed by atoms with E-state index in [9.17, 15) is 8.76 Å². The van der Waals surface area contributed by atoms with Gasteiger partial charge in [0.25, 0.3) is 0 Å². The summed E-state index contributed by atoms with van der Waals surface area (Å²) in [5.41, 5.74) is 7.58. The van der Waals surface area contributed by atoms with E-state index >= 15 is 0 Å². The molecule has 0 aromatic heterocycles. The number of fused-ring (bicyclic) bond motifs is 1. The molecule has 1 unspecified atom stereocenters. The van der Waals surface area contributed by atoms with Gasteiger partial charge >= 0.3 is 10.5 Å². The molecule has 0 spiro atoms. The molecule has 0 saturated carbocycles. The average Bonchev–Trinajstić information content (AvgIpc) is 2.62. The Morgan fingerprint density at radius 1 is 0.917 bits per heavy atom. The van der Waals surface area contributed by atoms with Crippen LogP contribution in [0.2, 0.25) is 0 Å². The quantitative estimate of drug-likeness (QED) is 0.323. The van der Waals surface area contributed by atoms with Crippen molar-refractivity contribution in [2.24, 2.45) is 16.1 Å². The van der Waals surface area contributed by atoms with Crippen LogP contribution in [-0.4, -0.2) is 0 Å². The Morgan fingerprint density at radius 3 is 2.42 bits per heavy atom. The van der Waals surface area contributed by atoms with E-state index in [0.717, 1.165) is 10.8 Å². The fourth-order valence-electron chi connectivity index (χ4n) is 2.26. The van der Waals surface area contributed by atoms with Crippen LogP contribution in [0.5, 0.6) is 0 Å². The highest BCUT2D eigenvalue weighted by atomic mass is 32.3. The summed E-state index contributed by atoms with van der Waals surface area (Å²) in [6.07, 6.45) is 0. The van der Waals surface area contributed by atoms with Gasteiger partial charge in [-0.05, 0) is 32.8 Å². The number of rotatable bonds is 4. The number of azo groups is 1. The van der Waals surface area contributed by atoms with Crippen molar-refractivity contribution in [1.82, 2.24) is 0 Å². The van der Waals surface area contributed by atoms with E-state index < -0.39 is 10.5 Å². The summed E-state index contributed by atoms with van der Waals surface area (Å²) in [4.78, 5) is -0.0939. The minimum absolute atomic E-state index is 0.0939. The molecule has 0 fully saturated rings. The molecule has 121 valence electrons. The average molecular weight is 342 g/mol. The van der Waals surface area contributed by atoms with Crippen LogP contribution in [0.25, 0.3) is 10.8 Å². The molecule has 0 bridgehead atoms. The maximum absolute atomic E-state index is 11.6. The van der Waals surface area contributed by atoms with Crippen molar-refractivity contribution >= 4 is 38.3 Å². The number of anilines is 1. The number of nitrogens with two attached hydrogens (primary N) is 2. The van der Waals surface area contributed by atoms with Crippen LogP contribution in [0, 0.1) is 0 Å². The van der Waals surface area contributed by atoms with E-state index in [2.05, 4.69) is 14.5 Å². The summed E-state index contributed by atoms with van der Waals surface area (Å²) in [5, 5.41) is 10.0. The third-order valence-corrected chi connectivity index (χ3v) is 4.53. The van der Waals surface area contributed by atoms with Crippen LogP contribution in [0.3, 0.4) is 0 Å². The minimum atomic E-state index is -3.98. The van der Waals surface area contributed by atoms with Gasteiger partial charge in [0.05, 0.1) is 15.9 Å². The van der Waals surface area contributed by atoms with Crippen LogP contribution < -0.4 is 11.6 Å². The van der Waals surface area contributed by atoms with Crippen molar-refractivity contribution in [2.75, 3.05) is 5.73 Å². The molecule has 3 rings (SSSR count). The molecular formula is C16H14N4O3S+. The number of nitrogens with zero attached hydrogens (tertiary/aromatic N) is 2. The van der Waals surface area contributed by atoms with Crippen molar-refractivity contribution in [2.45, 2.75) is 4.90 Å². The summed E-state index contributed by atoms with van der Waals surface area (Å²) in [5.74, 6) is 4.78. The Bertz CT molecular complexity index is 974. The standard InChI is InChI=1S/C16H14N4O3S/c17-15-8-9-16(14-7-2-1-6-13(14)15)20-19-11-4-3-5-12(10-11)24(21,22)23-18/h1-10H,17-18H2/q+1. The molecule has 0 saturated heterocycles. The lowest BCUT2D eigenvalue weighted by Crippen LogP contribution is -2.16. The summed E-state index contributed by atoms with van der Waals surface area (Å²) < 4.78 is 27.2. The molecule has 0 aliphatic rings. The van der Waals surface area contributed by atoms with Gasteiger partial charge in [0.2, 0.25) is 4.90 Å². The van der Waals surface area contributed by atoms with Crippen LogP contribution in [-0.2, 0) is 23.5 Å². The Morgan fingerprint density at radius 2 is 1.67 bits per heavy atom. The highest BCUT2D eigenvalue weighted by molar-refractivity contribution is 7.93. The number of benzene rings is 3. The lowest BCUT2D eigenvalue weighted by Gasteiger charge is -2.04. The van der Waals surface area contributed by atoms with Gasteiger partial charge in [0.1, 0.15) is 0 Å². The monoisotopic (exact) mass is 342 g/mol. The van der Waals surface area contributed by atoms with Crippen LogP contribution in [0.15, 0.2) is 75.8 Å². The number of hydrogen-bond acceptors (Lipinski definition) is 6. The fraction of sp³-hybridized carbons (Fsp3) is 0. The summed E-state index contributed by atoms with van der Waals surface area (Å²) in [6.45, 7) is 0. The van der Waals surface area contributed by atoms with Gasteiger partial charge in [0, 0.05) is 22.5 Å². The van der Waals surface area contributed by atoms with Crippen LogP contribution in [0.1, 0.15) is 0 Å². The van der Waals surface area contributed by atoms with Crippen molar-refractivity contribution in [3.05, 3.63) is 60.7 Å². The number of hydrogen-bond donors (Lipinski definition) is 2. The zero-order chi connectivity index (χ0) is 17.2. The predicted molar refractivity (Wildman–Crippen MR) is 91.3 cm³/mol. The molecular weight excluding hydrogens is 328 g/mol. The third-order valence-electron chi connectivity index (χ3n) is 3.44. The van der Waals surface area contributed by atoms with E-state index in [1.165, 1.54) is 18.2 Å². The van der Waals surface area contributed by atoms with E-state index in [4.69, 9.17) is 11.6 Å². The zero-order valence-corrected chi connectivity index (χ0v) is 13.3. The summed E-state index contributed by atoms with van der Waals surface area (Å²) in [7, 11) is -3.98. The molecule has 3 aromatic carbocycles. The first-order valence-corrected chi connectivity index (χ1v) is 8.34.